The number of hydrogen-bond acceptors (Lipinski definition) is 0. The summed E-state index contributed by atoms with van der Waals surface area (Å²) in [4.78, 5) is 0. The maximum Gasteiger partial charge on any atom is 0.416 e. The van der Waals surface area contributed by atoms with Crippen molar-refractivity contribution in [1.82, 2.24) is 0 Å². The molecule has 0 nitrogen and oxygen atoms in total. The van der Waals surface area contributed by atoms with Crippen LogP contribution in [0.25, 0.3) is 5.57 Å². The number of halogens is 5. The maximum atomic E-state index is 12.4. The van der Waals surface area contributed by atoms with Crippen molar-refractivity contribution in [2.45, 2.75) is 13.1 Å². The van der Waals surface area contributed by atoms with Crippen molar-refractivity contribution in [2.75, 3.05) is 0 Å². The third kappa shape index (κ3) is 2.75. The van der Waals surface area contributed by atoms with Gasteiger partial charge in [0, 0.05) is 15.1 Å². The van der Waals surface area contributed by atoms with Crippen LogP contribution in [0.3, 0.4) is 0 Å². The van der Waals surface area contributed by atoms with Gasteiger partial charge in [-0.2, -0.15) is 13.2 Å². The summed E-state index contributed by atoms with van der Waals surface area (Å²) in [7, 11) is 0. The zero-order valence-corrected chi connectivity index (χ0v) is 10.1. The van der Waals surface area contributed by atoms with E-state index in [0.29, 0.717) is 10.0 Å². The first-order chi connectivity index (χ1) is 6.73. The van der Waals surface area contributed by atoms with Crippen LogP contribution in [0.1, 0.15) is 11.1 Å². The van der Waals surface area contributed by atoms with Gasteiger partial charge in [0.15, 0.2) is 0 Å². The molecular formula is C10H7BrClF3. The number of rotatable bonds is 1. The number of alkyl halides is 3. The Morgan fingerprint density at radius 1 is 1.40 bits per heavy atom. The van der Waals surface area contributed by atoms with Crippen LogP contribution in [0, 0.1) is 6.92 Å². The van der Waals surface area contributed by atoms with E-state index in [9.17, 15) is 13.2 Å². The summed E-state index contributed by atoms with van der Waals surface area (Å²) in [6.45, 7) is 4.69. The van der Waals surface area contributed by atoms with E-state index in [1.165, 1.54) is 12.1 Å². The maximum absolute atomic E-state index is 12.4. The van der Waals surface area contributed by atoms with Crippen LogP contribution in [0.5, 0.6) is 0 Å². The second-order valence-electron chi connectivity index (χ2n) is 3.06. The molecule has 0 unspecified atom stereocenters. The first-order valence-electron chi connectivity index (χ1n) is 3.95. The van der Waals surface area contributed by atoms with Gasteiger partial charge in [-0.3, -0.25) is 0 Å². The van der Waals surface area contributed by atoms with E-state index in [0.717, 1.165) is 0 Å². The Bertz CT molecular complexity index is 410. The van der Waals surface area contributed by atoms with Crippen LogP contribution in [-0.2, 0) is 0 Å². The van der Waals surface area contributed by atoms with Gasteiger partial charge in [0.05, 0.1) is 5.57 Å². The van der Waals surface area contributed by atoms with Crippen molar-refractivity contribution >= 4 is 33.1 Å². The van der Waals surface area contributed by atoms with E-state index in [4.69, 9.17) is 11.6 Å². The molecule has 15 heavy (non-hydrogen) atoms. The van der Waals surface area contributed by atoms with E-state index in [2.05, 4.69) is 22.5 Å². The predicted octanol–water partition coefficient (Wildman–Crippen LogP) is 4.99. The fourth-order valence-corrected chi connectivity index (χ4v) is 1.79. The molecule has 0 bridgehead atoms. The summed E-state index contributed by atoms with van der Waals surface area (Å²) in [5.74, 6) is 0. The molecule has 0 amide bonds. The molecular weight excluding hydrogens is 292 g/mol. The zero-order chi connectivity index (χ0) is 11.8. The van der Waals surface area contributed by atoms with Crippen LogP contribution in [0.2, 0.25) is 5.02 Å². The lowest BCUT2D eigenvalue weighted by atomic mass is 10.0. The molecule has 0 aliphatic rings. The van der Waals surface area contributed by atoms with Crippen molar-refractivity contribution < 1.29 is 13.2 Å². The third-order valence-electron chi connectivity index (χ3n) is 1.92. The van der Waals surface area contributed by atoms with Gasteiger partial charge in [0.1, 0.15) is 0 Å². The first-order valence-corrected chi connectivity index (χ1v) is 5.12. The second kappa shape index (κ2) is 4.18. The van der Waals surface area contributed by atoms with Crippen LogP contribution in [0.4, 0.5) is 13.2 Å². The largest absolute Gasteiger partial charge is 0.416 e. The minimum Gasteiger partial charge on any atom is -0.166 e. The molecule has 0 aliphatic heterocycles. The Balaban J connectivity index is 3.28. The second-order valence-corrected chi connectivity index (χ2v) is 4.32. The van der Waals surface area contributed by atoms with Gasteiger partial charge in [0.2, 0.25) is 0 Å². The quantitative estimate of drug-likeness (QED) is 0.685. The smallest absolute Gasteiger partial charge is 0.166 e. The normalized spacial score (nSPS) is 11.6. The van der Waals surface area contributed by atoms with E-state index in [1.54, 1.807) is 6.92 Å². The van der Waals surface area contributed by atoms with Crippen LogP contribution in [-0.4, -0.2) is 6.18 Å². The highest BCUT2D eigenvalue weighted by Crippen LogP contribution is 2.37. The van der Waals surface area contributed by atoms with Gasteiger partial charge in [-0.25, -0.2) is 0 Å². The molecule has 0 spiro atoms. The molecule has 0 heterocycles. The van der Waals surface area contributed by atoms with E-state index >= 15 is 0 Å². The Kier molecular flexibility index (Phi) is 3.51. The number of aryl methyl sites for hydroxylation is 1. The van der Waals surface area contributed by atoms with Crippen molar-refractivity contribution in [3.8, 4) is 0 Å². The average Bonchev–Trinajstić information content (AvgIpc) is 2.08. The minimum absolute atomic E-state index is 0.0369. The van der Waals surface area contributed by atoms with Crippen molar-refractivity contribution in [3.63, 3.8) is 0 Å². The number of benzene rings is 1. The molecule has 0 fully saturated rings. The first kappa shape index (κ1) is 12.6. The number of allylic oxidation sites excluding steroid dienone is 1. The van der Waals surface area contributed by atoms with Crippen molar-refractivity contribution in [2.24, 2.45) is 0 Å². The summed E-state index contributed by atoms with van der Waals surface area (Å²) in [5, 5.41) is 0.0369. The minimum atomic E-state index is -4.45. The third-order valence-corrected chi connectivity index (χ3v) is 3.08. The monoisotopic (exact) mass is 298 g/mol. The lowest BCUT2D eigenvalue weighted by Crippen LogP contribution is -2.10. The summed E-state index contributed by atoms with van der Waals surface area (Å²) < 4.78 is 37.8. The highest BCUT2D eigenvalue weighted by atomic mass is 79.9. The molecule has 5 heteroatoms. The predicted molar refractivity (Wildman–Crippen MR) is 59.0 cm³/mol. The van der Waals surface area contributed by atoms with Crippen molar-refractivity contribution in [1.29, 1.82) is 0 Å². The highest BCUT2D eigenvalue weighted by Gasteiger charge is 2.34. The summed E-state index contributed by atoms with van der Waals surface area (Å²) in [5.41, 5.74) is -0.326. The molecule has 0 saturated carbocycles. The van der Waals surface area contributed by atoms with Gasteiger partial charge in [-0.05, 0) is 24.6 Å². The van der Waals surface area contributed by atoms with Crippen molar-refractivity contribution in [3.05, 3.63) is 39.3 Å². The van der Waals surface area contributed by atoms with E-state index in [-0.39, 0.29) is 10.6 Å². The molecule has 1 aromatic carbocycles. The lowest BCUT2D eigenvalue weighted by molar-refractivity contribution is -0.0686. The zero-order valence-electron chi connectivity index (χ0n) is 7.75. The van der Waals surface area contributed by atoms with E-state index < -0.39 is 11.7 Å². The Labute approximate surface area is 98.9 Å². The molecule has 0 atom stereocenters. The van der Waals surface area contributed by atoms with Crippen LogP contribution >= 0.6 is 27.5 Å². The Morgan fingerprint density at radius 2 is 1.93 bits per heavy atom. The van der Waals surface area contributed by atoms with Gasteiger partial charge in [-0.1, -0.05) is 34.1 Å². The molecule has 0 aliphatic carbocycles. The SMILES string of the molecule is C=C(c1cc(C)c(Br)cc1Cl)C(F)(F)F. The van der Waals surface area contributed by atoms with Gasteiger partial charge >= 0.3 is 6.18 Å². The molecule has 0 radical (unpaired) electrons. The van der Waals surface area contributed by atoms with Crippen LogP contribution in [0.15, 0.2) is 23.2 Å². The fourth-order valence-electron chi connectivity index (χ4n) is 1.04. The van der Waals surface area contributed by atoms with Gasteiger partial charge in [-0.15, -0.1) is 0 Å². The molecule has 0 aromatic heterocycles. The molecule has 0 saturated heterocycles. The average molecular weight is 300 g/mol. The summed E-state index contributed by atoms with van der Waals surface area (Å²) in [6, 6.07) is 2.80. The topological polar surface area (TPSA) is 0 Å². The van der Waals surface area contributed by atoms with Crippen LogP contribution < -0.4 is 0 Å². The molecule has 1 rings (SSSR count). The Morgan fingerprint density at radius 3 is 2.40 bits per heavy atom. The van der Waals surface area contributed by atoms with Gasteiger partial charge in [0.25, 0.3) is 0 Å². The molecule has 1 aromatic rings. The summed E-state index contributed by atoms with van der Waals surface area (Å²) >= 11 is 8.90. The highest BCUT2D eigenvalue weighted by molar-refractivity contribution is 9.10. The number of hydrogen-bond donors (Lipinski definition) is 0. The lowest BCUT2D eigenvalue weighted by Gasteiger charge is -2.13. The molecule has 0 N–H and O–H groups in total. The standard InChI is InChI=1S/C10H7BrClF3/c1-5-3-7(6(2)10(13,14)15)9(12)4-8(5)11/h3-4H,2H2,1H3. The summed E-state index contributed by atoms with van der Waals surface area (Å²) in [6.07, 6.45) is -4.45. The van der Waals surface area contributed by atoms with Gasteiger partial charge < -0.3 is 0 Å². The van der Waals surface area contributed by atoms with E-state index in [1.807, 2.05) is 0 Å². The fraction of sp³-hybridized carbons (Fsp3) is 0.200. The molecule has 82 valence electrons. The Hall–Kier alpha value is -0.480.